The maximum absolute atomic E-state index is 14.1. The molecule has 9 aliphatic rings. The highest BCUT2D eigenvalue weighted by Gasteiger charge is 2.40. The van der Waals surface area contributed by atoms with Crippen molar-refractivity contribution in [3.63, 3.8) is 0 Å². The highest BCUT2D eigenvalue weighted by molar-refractivity contribution is 7.94. The maximum atomic E-state index is 14.1. The number of allylic oxidation sites excluding steroid dienone is 2. The lowest BCUT2D eigenvalue weighted by atomic mass is 9.72. The number of carbonyl (C=O) groups excluding carboxylic acids is 2. The first-order valence-corrected chi connectivity index (χ1v) is 54.3. The predicted molar refractivity (Wildman–Crippen MR) is 532 cm³/mol. The van der Waals surface area contributed by atoms with Crippen LogP contribution in [0.3, 0.4) is 0 Å². The second kappa shape index (κ2) is 40.0. The van der Waals surface area contributed by atoms with Crippen LogP contribution < -0.4 is 38.2 Å². The highest BCUT2D eigenvalue weighted by atomic mass is 35.5. The molecule has 5 fully saturated rings. The Bertz CT molecular complexity index is 6890. The Labute approximate surface area is 808 Å². The molecule has 724 valence electrons. The van der Waals surface area contributed by atoms with Crippen molar-refractivity contribution in [2.75, 3.05) is 157 Å². The van der Waals surface area contributed by atoms with Crippen LogP contribution in [0.1, 0.15) is 129 Å². The predicted octanol–water partition coefficient (Wildman–Crippen LogP) is 16.5. The molecule has 0 spiro atoms. The van der Waals surface area contributed by atoms with E-state index in [4.69, 9.17) is 42.1 Å². The van der Waals surface area contributed by atoms with E-state index in [0.29, 0.717) is 130 Å². The first-order valence-electron chi connectivity index (χ1n) is 46.8. The van der Waals surface area contributed by atoms with Crippen molar-refractivity contribution in [2.24, 2.45) is 31.4 Å². The maximum Gasteiger partial charge on any atom is 0.277 e. The fourth-order valence-corrected chi connectivity index (χ4v) is 26.4. The molecule has 38 heteroatoms. The number of nitro benzene ring substituents is 2. The molecule has 1 saturated carbocycles. The van der Waals surface area contributed by atoms with Crippen LogP contribution in [0, 0.1) is 42.9 Å². The van der Waals surface area contributed by atoms with E-state index in [0.717, 1.165) is 135 Å². The Morgan fingerprint density at radius 3 is 1.34 bits per heavy atom. The van der Waals surface area contributed by atoms with Crippen LogP contribution in [-0.2, 0) is 52.3 Å². The summed E-state index contributed by atoms with van der Waals surface area (Å²) < 4.78 is 120. The van der Waals surface area contributed by atoms with Gasteiger partial charge in [-0.25, -0.2) is 53.4 Å². The molecule has 4 aromatic heterocycles. The number of aromatic nitrogens is 4. The molecule has 19 rings (SSSR count). The minimum absolute atomic E-state index is 0.0571. The number of anilines is 2. The number of benzene rings is 6. The summed E-state index contributed by atoms with van der Waals surface area (Å²) in [7, 11) is -13.7. The van der Waals surface area contributed by atoms with Crippen molar-refractivity contribution in [2.45, 2.75) is 115 Å². The zero-order valence-electron chi connectivity index (χ0n) is 77.4. The number of rotatable bonds is 26. The molecule has 2 amide bonds. The molecule has 0 unspecified atom stereocenters. The molecule has 4 N–H and O–H groups in total. The zero-order valence-corrected chi connectivity index (χ0v) is 82.1. The van der Waals surface area contributed by atoms with Gasteiger partial charge >= 0.3 is 0 Å². The standard InChI is InChI=1S/C50H57ClN8O8S2.C49H57ClN8O8S2/c1-50(2)13-11-36(44(28-50)34-3-5-37(51)6-4-34)31-56-15-17-58(18-16-56)39-9-10-42(47(25-39)67-40-24-35-12-14-52-48(35)53-29-40)49(60)55-69(64,65)41-26-45(59(61)62)43-23-33(32-66-46(43)27-41)30-57-19-21-68(63,22-20-57)54-38-7-8-38;1-4-53-67(62)21-19-56(20-22-67)30-33-23-42-44(58(60)61)26-40(27-45(42)65-32-33)68(63,64)54-48(59)41-10-9-38(25-46(41)66-39-24-35-12-14-51-47(35)52-29-39)57-17-15-55(16-18-57)31-36-11-13-49(2,3)28-43(36)34-5-7-37(50)8-6-34/h3-6,9-10,12,14,24-27,29,33,38H,7-8,11,13,15-23,28,30-32H2,1-2H3,(H,52,53)(H,55,60);5-10,12,14,24-27,29,33H,4,11,13,15-23,28,30-32H2,1-3H3,(H,51,52)(H,54,59)/t2*33-/m00/s1. The van der Waals surface area contributed by atoms with Gasteiger partial charge in [0.2, 0.25) is 0 Å². The second-order valence-corrected chi connectivity index (χ2v) is 48.3. The van der Waals surface area contributed by atoms with Gasteiger partial charge in [-0.05, 0) is 177 Å². The highest BCUT2D eigenvalue weighted by Crippen LogP contribution is 2.48. The average Bonchev–Trinajstić information content (AvgIpc) is 1.42. The van der Waals surface area contributed by atoms with Crippen molar-refractivity contribution < 1.29 is 63.6 Å². The molecule has 6 aromatic carbocycles. The lowest BCUT2D eigenvalue weighted by Crippen LogP contribution is -2.47. The number of pyridine rings is 2. The van der Waals surface area contributed by atoms with Gasteiger partial charge in [0, 0.05) is 247 Å². The lowest BCUT2D eigenvalue weighted by molar-refractivity contribution is -0.386. The minimum atomic E-state index is -4.67. The summed E-state index contributed by atoms with van der Waals surface area (Å²) in [6.07, 6.45) is 15.5. The third kappa shape index (κ3) is 22.9. The molecule has 10 aromatic rings. The number of carbonyl (C=O) groups is 2. The number of hydrogen-bond donors (Lipinski definition) is 4. The molecular weight excluding hydrogens is 1870 g/mol. The molecule has 3 aliphatic carbocycles. The van der Waals surface area contributed by atoms with Crippen LogP contribution in [0.2, 0.25) is 10.0 Å². The summed E-state index contributed by atoms with van der Waals surface area (Å²) in [5.41, 5.74) is 11.2. The molecule has 4 saturated heterocycles. The minimum Gasteiger partial charge on any atom is -0.493 e. The largest absolute Gasteiger partial charge is 0.493 e. The topological polar surface area (TPSA) is 385 Å². The van der Waals surface area contributed by atoms with E-state index in [1.165, 1.54) is 70.1 Å². The third-order valence-electron chi connectivity index (χ3n) is 27.6. The molecular formula is C99H114Cl2N16O16S4. The number of hydrogen-bond acceptors (Lipinski definition) is 26. The summed E-state index contributed by atoms with van der Waals surface area (Å²) in [5, 5.41) is 27.9. The number of nitrogens with zero attached hydrogens (tertiary/aromatic N) is 12. The van der Waals surface area contributed by atoms with Crippen molar-refractivity contribution >= 4 is 130 Å². The van der Waals surface area contributed by atoms with Crippen LogP contribution in [0.5, 0.6) is 34.5 Å². The number of ether oxygens (including phenoxy) is 4. The first-order chi connectivity index (χ1) is 65.6. The van der Waals surface area contributed by atoms with E-state index in [2.05, 4.69) is 119 Å². The normalized spacial score (nSPS) is 20.3. The molecule has 2 atom stereocenters. The lowest BCUT2D eigenvalue weighted by Gasteiger charge is -2.39. The Morgan fingerprint density at radius 2 is 0.949 bits per heavy atom. The van der Waals surface area contributed by atoms with E-state index < -0.39 is 82.3 Å². The molecule has 0 bridgehead atoms. The summed E-state index contributed by atoms with van der Waals surface area (Å²) >= 11 is 12.5. The number of nitro groups is 2. The van der Waals surface area contributed by atoms with Gasteiger partial charge in [-0.3, -0.25) is 39.6 Å². The fraction of sp³-hybridized carbons (Fsp3) is 0.434. The summed E-state index contributed by atoms with van der Waals surface area (Å²) in [6, 6.07) is 38.3. The zero-order chi connectivity index (χ0) is 95.9. The first kappa shape index (κ1) is 96.2. The van der Waals surface area contributed by atoms with E-state index in [1.807, 2.05) is 43.3 Å². The van der Waals surface area contributed by atoms with Crippen LogP contribution in [0.15, 0.2) is 188 Å². The number of piperazine rings is 2. The number of aromatic amines is 2. The molecule has 6 aliphatic heterocycles. The smallest absolute Gasteiger partial charge is 0.277 e. The number of amides is 2. The van der Waals surface area contributed by atoms with Crippen LogP contribution in [0.25, 0.3) is 33.2 Å². The number of fused-ring (bicyclic) bond motifs is 4. The van der Waals surface area contributed by atoms with Gasteiger partial charge in [-0.1, -0.05) is 86.3 Å². The van der Waals surface area contributed by atoms with Gasteiger partial charge in [0.1, 0.15) is 45.8 Å². The quantitative estimate of drug-likeness (QED) is 0.0289. The monoisotopic (exact) mass is 1980 g/mol. The molecule has 0 radical (unpaired) electrons. The summed E-state index contributed by atoms with van der Waals surface area (Å²) in [4.78, 5) is 79.8. The van der Waals surface area contributed by atoms with E-state index in [1.54, 1.807) is 48.8 Å². The van der Waals surface area contributed by atoms with Gasteiger partial charge in [-0.15, -0.1) is 0 Å². The van der Waals surface area contributed by atoms with E-state index in [9.17, 15) is 55.1 Å². The van der Waals surface area contributed by atoms with Gasteiger partial charge in [0.05, 0.1) is 73.5 Å². The Balaban J connectivity index is 0.000000182. The van der Waals surface area contributed by atoms with Gasteiger partial charge in [0.25, 0.3) is 43.2 Å². The number of halogens is 2. The molecule has 137 heavy (non-hydrogen) atoms. The molecule has 32 nitrogen and oxygen atoms in total. The Kier molecular flexibility index (Phi) is 28.1. The summed E-state index contributed by atoms with van der Waals surface area (Å²) in [6.45, 7) is 23.5. The van der Waals surface area contributed by atoms with Crippen LogP contribution in [0.4, 0.5) is 22.7 Å². The van der Waals surface area contributed by atoms with Gasteiger partial charge in [-0.2, -0.15) is 0 Å². The summed E-state index contributed by atoms with van der Waals surface area (Å²) in [5.74, 6) is 0.835. The SMILES string of the molecule is CC1(C)CCC(CN2CCN(c3ccc(C(=O)NS(=O)(=O)c4cc5c(c([N+](=O)[O-])c4)C[C@@H](CN4CCS(=O)(=NC6CC6)CC4)CO5)c(Oc4cnc5[nH]ccc5c4)c3)CC2)=C(c2ccc(Cl)cc2)C1.CCN=S1(=O)CCN(C[C@H]2COc3cc(S(=O)(=O)NC(=O)c4ccc(N5CCN(CC6=C(c7ccc(Cl)cc7)CC(C)(C)CC6)CC5)cc4Oc4cnc5[nH]ccc5c4)cc([N+](=O)[O-])c3C2)CC1. The number of H-pyrrole nitrogens is 2. The van der Waals surface area contributed by atoms with E-state index in [-0.39, 0.29) is 88.0 Å². The Hall–Kier alpha value is -11.1. The van der Waals surface area contributed by atoms with Gasteiger partial charge < -0.3 is 48.5 Å². The third-order valence-corrected chi connectivity index (χ3v) is 35.4. The number of sulfonamides is 2. The van der Waals surface area contributed by atoms with Crippen LogP contribution in [-0.4, -0.2) is 240 Å². The molecule has 10 heterocycles. The van der Waals surface area contributed by atoms with Gasteiger partial charge in [0.15, 0.2) is 0 Å². The fourth-order valence-electron chi connectivity index (χ4n) is 19.8. The van der Waals surface area contributed by atoms with Crippen molar-refractivity contribution in [3.8, 4) is 34.5 Å². The Morgan fingerprint density at radius 1 is 0.540 bits per heavy atom. The average molecular weight is 1980 g/mol. The number of nitrogens with one attached hydrogen (secondary N) is 4. The van der Waals surface area contributed by atoms with E-state index >= 15 is 0 Å². The second-order valence-electron chi connectivity index (χ2n) is 38.9. The van der Waals surface area contributed by atoms with Crippen molar-refractivity contribution in [1.82, 2.24) is 49.0 Å². The van der Waals surface area contributed by atoms with Crippen molar-refractivity contribution in [1.29, 1.82) is 0 Å². The van der Waals surface area contributed by atoms with Crippen LogP contribution >= 0.6 is 23.2 Å². The van der Waals surface area contributed by atoms with Crippen molar-refractivity contribution in [3.05, 3.63) is 233 Å².